The summed E-state index contributed by atoms with van der Waals surface area (Å²) in [5, 5.41) is 10.8. The molecule has 44 heavy (non-hydrogen) atoms. The predicted octanol–water partition coefficient (Wildman–Crippen LogP) is 7.34. The number of urea groups is 1. The molecule has 1 heterocycles. The largest absolute Gasteiger partial charge is 0.489 e. The zero-order valence-electron chi connectivity index (χ0n) is 25.3. The average molecular weight is 613 g/mol. The number of amides is 2. The lowest BCUT2D eigenvalue weighted by molar-refractivity contribution is 0.251. The third-order valence-electron chi connectivity index (χ3n) is 6.47. The van der Waals surface area contributed by atoms with Crippen molar-refractivity contribution in [3.63, 3.8) is 0 Å². The van der Waals surface area contributed by atoms with Gasteiger partial charge in [0.15, 0.2) is 0 Å². The topological polar surface area (TPSA) is 116 Å². The fraction of sp³-hybridized carbons (Fsp3) is 0.206. The molecule has 0 aliphatic heterocycles. The molecule has 228 valence electrons. The van der Waals surface area contributed by atoms with E-state index in [-0.39, 0.29) is 23.0 Å². The highest BCUT2D eigenvalue weighted by Crippen LogP contribution is 2.29. The highest BCUT2D eigenvalue weighted by molar-refractivity contribution is 6.29. The van der Waals surface area contributed by atoms with E-state index in [1.807, 2.05) is 79.7 Å². The summed E-state index contributed by atoms with van der Waals surface area (Å²) in [6.45, 7) is 12.4. The highest BCUT2D eigenvalue weighted by atomic mass is 35.5. The van der Waals surface area contributed by atoms with E-state index in [2.05, 4.69) is 43.0 Å². The summed E-state index contributed by atoms with van der Waals surface area (Å²) in [5.74, 6) is 1.88. The van der Waals surface area contributed by atoms with Crippen LogP contribution in [0.25, 0.3) is 5.69 Å². The maximum absolute atomic E-state index is 13.2. The van der Waals surface area contributed by atoms with Crippen molar-refractivity contribution < 1.29 is 14.3 Å². The summed E-state index contributed by atoms with van der Waals surface area (Å²) in [5.41, 5.74) is 9.61. The molecule has 0 atom stereocenters. The van der Waals surface area contributed by atoms with Crippen molar-refractivity contribution >= 4 is 29.3 Å². The first-order valence-electron chi connectivity index (χ1n) is 14.0. The molecule has 0 spiro atoms. The van der Waals surface area contributed by atoms with Crippen LogP contribution in [0.1, 0.15) is 43.2 Å². The lowest BCUT2D eigenvalue weighted by Crippen LogP contribution is -2.29. The molecule has 1 aromatic heterocycles. The summed E-state index contributed by atoms with van der Waals surface area (Å²) in [4.78, 5) is 17.2. The first-order chi connectivity index (χ1) is 21.0. The van der Waals surface area contributed by atoms with Crippen molar-refractivity contribution in [2.75, 3.05) is 5.32 Å². The Morgan fingerprint density at radius 1 is 1.07 bits per heavy atom. The predicted molar refractivity (Wildman–Crippen MR) is 176 cm³/mol. The van der Waals surface area contributed by atoms with Gasteiger partial charge in [-0.2, -0.15) is 5.10 Å². The number of nitrogens with two attached hydrogens (primary N) is 1. The monoisotopic (exact) mass is 612 g/mol. The summed E-state index contributed by atoms with van der Waals surface area (Å²) < 4.78 is 13.7. The SMILES string of the molecule is C=C(Cl)/N=C(\C=C/N)Oc1ccccc1CNC(=O)Nc1cc(C(C)(C)C)nn1-c1ccc(C)c(OCc2ccccc2)c1. The number of para-hydroxylation sites is 1. The summed E-state index contributed by atoms with van der Waals surface area (Å²) in [6.07, 6.45) is 2.75. The van der Waals surface area contributed by atoms with Crippen LogP contribution in [-0.2, 0) is 18.6 Å². The Kier molecular flexibility index (Phi) is 10.5. The van der Waals surface area contributed by atoms with E-state index in [0.717, 1.165) is 28.3 Å². The Labute approximate surface area is 263 Å². The normalized spacial score (nSPS) is 11.8. The van der Waals surface area contributed by atoms with Gasteiger partial charge in [0.1, 0.15) is 29.1 Å². The maximum Gasteiger partial charge on any atom is 0.320 e. The number of ether oxygens (including phenoxy) is 2. The van der Waals surface area contributed by atoms with Crippen LogP contribution in [0.15, 0.2) is 108 Å². The van der Waals surface area contributed by atoms with Crippen LogP contribution in [-0.4, -0.2) is 21.7 Å². The van der Waals surface area contributed by atoms with Crippen LogP contribution in [0.5, 0.6) is 11.5 Å². The lowest BCUT2D eigenvalue weighted by atomic mass is 9.92. The second kappa shape index (κ2) is 14.4. The van der Waals surface area contributed by atoms with Gasteiger partial charge in [0.2, 0.25) is 5.90 Å². The molecule has 0 bridgehead atoms. The third kappa shape index (κ3) is 8.75. The Hall–Kier alpha value is -5.02. The molecule has 4 N–H and O–H groups in total. The van der Waals surface area contributed by atoms with E-state index in [1.54, 1.807) is 10.7 Å². The van der Waals surface area contributed by atoms with Crippen molar-refractivity contribution in [2.45, 2.75) is 46.3 Å². The minimum absolute atomic E-state index is 0.0442. The lowest BCUT2D eigenvalue weighted by Gasteiger charge is -2.15. The van der Waals surface area contributed by atoms with Crippen LogP contribution in [0.4, 0.5) is 10.6 Å². The molecule has 0 unspecified atom stereocenters. The van der Waals surface area contributed by atoms with Gasteiger partial charge in [-0.3, -0.25) is 5.32 Å². The first kappa shape index (κ1) is 31.9. The van der Waals surface area contributed by atoms with E-state index in [9.17, 15) is 4.79 Å². The minimum Gasteiger partial charge on any atom is -0.489 e. The smallest absolute Gasteiger partial charge is 0.320 e. The zero-order valence-corrected chi connectivity index (χ0v) is 26.1. The Morgan fingerprint density at radius 2 is 1.80 bits per heavy atom. The number of aryl methyl sites for hydroxylation is 1. The first-order valence-corrected chi connectivity index (χ1v) is 14.4. The number of aliphatic imine (C=N–C) groups is 1. The molecule has 4 aromatic rings. The fourth-order valence-electron chi connectivity index (χ4n) is 4.14. The molecule has 0 saturated carbocycles. The Morgan fingerprint density at radius 3 is 2.50 bits per heavy atom. The molecule has 0 fully saturated rings. The van der Waals surface area contributed by atoms with Gasteiger partial charge >= 0.3 is 6.03 Å². The number of halogens is 1. The Bertz CT molecular complexity index is 1670. The number of hydrogen-bond donors (Lipinski definition) is 3. The van der Waals surface area contributed by atoms with Crippen molar-refractivity contribution in [1.29, 1.82) is 0 Å². The van der Waals surface area contributed by atoms with Crippen LogP contribution in [0.3, 0.4) is 0 Å². The standard InChI is InChI=1S/C34H37ClN6O3/c1-23-15-16-27(19-29(23)43-22-25-11-7-6-8-12-25)41-31(20-30(40-41)34(3,4)5)39-33(42)37-21-26-13-9-10-14-28(26)44-32(17-18-36)38-24(2)35/h6-20H,2,21-22,36H2,1,3-5H3,(H2,37,39,42)/b18-17-,38-32+. The minimum atomic E-state index is -0.418. The molecular formula is C34H37ClN6O3. The molecule has 0 aliphatic carbocycles. The van der Waals surface area contributed by atoms with Crippen molar-refractivity contribution in [3.8, 4) is 17.2 Å². The zero-order chi connectivity index (χ0) is 31.7. The van der Waals surface area contributed by atoms with Crippen molar-refractivity contribution in [3.05, 3.63) is 125 Å². The fourth-order valence-corrected chi connectivity index (χ4v) is 4.22. The van der Waals surface area contributed by atoms with Gasteiger partial charge < -0.3 is 20.5 Å². The number of carbonyl (C=O) groups is 1. The molecular weight excluding hydrogens is 576 g/mol. The van der Waals surface area contributed by atoms with E-state index < -0.39 is 6.03 Å². The van der Waals surface area contributed by atoms with Gasteiger partial charge in [-0.15, -0.1) is 0 Å². The number of anilines is 1. The summed E-state index contributed by atoms with van der Waals surface area (Å²) >= 11 is 5.82. The van der Waals surface area contributed by atoms with Gasteiger partial charge in [0.05, 0.1) is 11.4 Å². The molecule has 10 heteroatoms. The van der Waals surface area contributed by atoms with Gasteiger partial charge in [0, 0.05) is 35.7 Å². The van der Waals surface area contributed by atoms with Crippen molar-refractivity contribution in [1.82, 2.24) is 15.1 Å². The molecule has 0 radical (unpaired) electrons. The molecule has 0 aliphatic rings. The van der Waals surface area contributed by atoms with Crippen LogP contribution >= 0.6 is 11.6 Å². The van der Waals surface area contributed by atoms with E-state index in [1.165, 1.54) is 12.3 Å². The average Bonchev–Trinajstić information content (AvgIpc) is 3.41. The number of rotatable bonds is 10. The highest BCUT2D eigenvalue weighted by Gasteiger charge is 2.22. The molecule has 3 aromatic carbocycles. The molecule has 9 nitrogen and oxygen atoms in total. The second-order valence-corrected chi connectivity index (χ2v) is 11.4. The molecule has 4 rings (SSSR count). The quantitative estimate of drug-likeness (QED) is 0.0984. The summed E-state index contributed by atoms with van der Waals surface area (Å²) in [7, 11) is 0. The number of nitrogens with one attached hydrogen (secondary N) is 2. The number of aromatic nitrogens is 2. The van der Waals surface area contributed by atoms with Crippen LogP contribution < -0.4 is 25.8 Å². The van der Waals surface area contributed by atoms with Crippen LogP contribution in [0.2, 0.25) is 0 Å². The van der Waals surface area contributed by atoms with Gasteiger partial charge in [-0.05, 0) is 36.4 Å². The van der Waals surface area contributed by atoms with Gasteiger partial charge in [0.25, 0.3) is 0 Å². The van der Waals surface area contributed by atoms with Gasteiger partial charge in [-0.25, -0.2) is 14.5 Å². The Balaban J connectivity index is 1.53. The van der Waals surface area contributed by atoms with Crippen LogP contribution in [0, 0.1) is 6.92 Å². The van der Waals surface area contributed by atoms with E-state index >= 15 is 0 Å². The maximum atomic E-state index is 13.2. The third-order valence-corrected chi connectivity index (χ3v) is 6.55. The molecule has 0 saturated heterocycles. The second-order valence-electron chi connectivity index (χ2n) is 11.0. The van der Waals surface area contributed by atoms with Gasteiger partial charge in [-0.1, -0.05) is 93.5 Å². The number of carbonyl (C=O) groups excluding carboxylic acids is 1. The number of nitrogens with zero attached hydrogens (tertiary/aromatic N) is 3. The summed E-state index contributed by atoms with van der Waals surface area (Å²) in [6, 6.07) is 24.5. The number of benzene rings is 3. The molecule has 2 amide bonds. The van der Waals surface area contributed by atoms with E-state index in [4.69, 9.17) is 31.9 Å². The number of hydrogen-bond acceptors (Lipinski definition) is 6. The van der Waals surface area contributed by atoms with E-state index in [0.29, 0.717) is 23.7 Å². The van der Waals surface area contributed by atoms with Crippen molar-refractivity contribution in [2.24, 2.45) is 10.7 Å².